The summed E-state index contributed by atoms with van der Waals surface area (Å²) >= 11 is 0.813. The van der Waals surface area contributed by atoms with Crippen molar-refractivity contribution in [3.05, 3.63) is 20.0 Å². The van der Waals surface area contributed by atoms with Crippen LogP contribution in [0.15, 0.2) is 9.59 Å². The maximum Gasteiger partial charge on any atom is 0.311 e. The second-order valence-corrected chi connectivity index (χ2v) is 5.28. The molecule has 1 saturated heterocycles. The van der Waals surface area contributed by atoms with Crippen molar-refractivity contribution < 1.29 is 22.2 Å². The van der Waals surface area contributed by atoms with Crippen molar-refractivity contribution in [1.29, 1.82) is 0 Å². The van der Waals surface area contributed by atoms with E-state index in [2.05, 4.69) is 9.97 Å². The number of aliphatic hydroxyl groups excluding tert-OH is 1. The van der Waals surface area contributed by atoms with Crippen molar-refractivity contribution >= 4 is 51.6 Å². The Morgan fingerprint density at radius 2 is 2.14 bits per heavy atom. The van der Waals surface area contributed by atoms with Crippen LogP contribution in [-0.4, -0.2) is 43.3 Å². The molecule has 2 atom stereocenters. The predicted octanol–water partition coefficient (Wildman–Crippen LogP) is -1.39. The number of aliphatic hydroxyl groups is 1. The number of fused-ring (bicyclic) bond motifs is 1. The smallest absolute Gasteiger partial charge is 0.311 e. The second kappa shape index (κ2) is 7.98. The van der Waals surface area contributed by atoms with E-state index in [1.54, 1.807) is 0 Å². The van der Waals surface area contributed by atoms with E-state index < -0.39 is 11.8 Å². The van der Waals surface area contributed by atoms with Crippen LogP contribution in [0.2, 0.25) is 0 Å². The molecule has 0 aromatic carbocycles. The number of hydrogen-bond donors (Lipinski definition) is 3. The normalized spacial score (nSPS) is 20.0. The van der Waals surface area contributed by atoms with Gasteiger partial charge in [0.2, 0.25) is 5.95 Å². The zero-order chi connectivity index (χ0) is 13.6. The molecule has 8 N–H and O–H groups in total. The van der Waals surface area contributed by atoms with Crippen LogP contribution < -0.4 is 16.2 Å². The van der Waals surface area contributed by atoms with Crippen LogP contribution in [0, 0.1) is 0 Å². The number of halogens is 1. The Hall–Kier alpha value is -1.06. The van der Waals surface area contributed by atoms with Gasteiger partial charge in [0.1, 0.15) is 10.9 Å². The third-order valence-corrected chi connectivity index (χ3v) is 4.01. The molecule has 10 nitrogen and oxygen atoms in total. The van der Waals surface area contributed by atoms with Crippen LogP contribution in [-0.2, 0) is 4.74 Å². The number of aromatic nitrogens is 3. The summed E-state index contributed by atoms with van der Waals surface area (Å²) in [5, 5.41) is 9.05. The van der Waals surface area contributed by atoms with E-state index in [1.807, 2.05) is 0 Å². The summed E-state index contributed by atoms with van der Waals surface area (Å²) in [4.78, 5) is 29.7. The molecule has 0 saturated carbocycles. The Morgan fingerprint density at radius 3 is 2.73 bits per heavy atom. The van der Waals surface area contributed by atoms with E-state index in [9.17, 15) is 9.59 Å². The lowest BCUT2D eigenvalue weighted by Gasteiger charge is -2.13. The highest BCUT2D eigenvalue weighted by atomic mass is 127. The van der Waals surface area contributed by atoms with E-state index >= 15 is 0 Å². The summed E-state index contributed by atoms with van der Waals surface area (Å²) < 4.78 is 7.12. The average molecular weight is 450 g/mol. The number of nitrogens with zero attached hydrogens (tertiary/aromatic N) is 2. The highest BCUT2D eigenvalue weighted by Crippen LogP contribution is 2.29. The molecule has 1 fully saturated rings. The van der Waals surface area contributed by atoms with Gasteiger partial charge in [0.25, 0.3) is 5.56 Å². The molecular weight excluding hydrogens is 431 g/mol. The largest absolute Gasteiger partial charge is 0.412 e. The molecule has 128 valence electrons. The number of ether oxygens (including phenoxy) is 1. The third kappa shape index (κ3) is 3.47. The quantitative estimate of drug-likeness (QED) is 0.473. The minimum absolute atomic E-state index is 0. The van der Waals surface area contributed by atoms with E-state index in [0.29, 0.717) is 12.8 Å². The van der Waals surface area contributed by atoms with Crippen LogP contribution in [0.4, 0.5) is 5.95 Å². The Morgan fingerprint density at radius 1 is 1.45 bits per heavy atom. The van der Waals surface area contributed by atoms with Gasteiger partial charge in [0.15, 0.2) is 5.65 Å². The van der Waals surface area contributed by atoms with Crippen molar-refractivity contribution in [2.75, 3.05) is 12.3 Å². The maximum absolute atomic E-state index is 12.0. The number of H-pyrrole nitrogens is 1. The molecular formula is C10H19IN4O6S. The lowest BCUT2D eigenvalue weighted by molar-refractivity contribution is -0.0214. The SMILES string of the molecule is I.Nc1nc2c(sc(=O)n2C2CC[C@@H](CO)O2)c(=O)[nH]1.O.O.[HH]. The molecule has 0 aliphatic carbocycles. The maximum atomic E-state index is 12.0. The summed E-state index contributed by atoms with van der Waals surface area (Å²) in [7, 11) is 0. The third-order valence-electron chi connectivity index (χ3n) is 3.07. The summed E-state index contributed by atoms with van der Waals surface area (Å²) in [5.74, 6) is -0.0410. The van der Waals surface area contributed by atoms with Gasteiger partial charge in [0.05, 0.1) is 12.7 Å². The van der Waals surface area contributed by atoms with Gasteiger partial charge in [-0.1, -0.05) is 11.3 Å². The van der Waals surface area contributed by atoms with Crippen LogP contribution in [0.5, 0.6) is 0 Å². The number of anilines is 1. The number of rotatable bonds is 2. The van der Waals surface area contributed by atoms with Gasteiger partial charge in [-0.3, -0.25) is 19.1 Å². The van der Waals surface area contributed by atoms with Gasteiger partial charge >= 0.3 is 4.87 Å². The summed E-state index contributed by atoms with van der Waals surface area (Å²) in [6, 6.07) is 0. The molecule has 0 bridgehead atoms. The van der Waals surface area contributed by atoms with Crippen LogP contribution in [0.1, 0.15) is 20.5 Å². The first-order valence-corrected chi connectivity index (χ1v) is 6.59. The number of hydrogen-bond acceptors (Lipinski definition) is 7. The van der Waals surface area contributed by atoms with Crippen molar-refractivity contribution in [2.45, 2.75) is 25.2 Å². The average Bonchev–Trinajstić information content (AvgIpc) is 2.93. The van der Waals surface area contributed by atoms with Crippen molar-refractivity contribution in [1.82, 2.24) is 14.5 Å². The van der Waals surface area contributed by atoms with Gasteiger partial charge < -0.3 is 26.5 Å². The van der Waals surface area contributed by atoms with Gasteiger partial charge in [-0.25, -0.2) is 0 Å². The number of nitrogens with one attached hydrogen (secondary N) is 1. The zero-order valence-corrected chi connectivity index (χ0v) is 14.4. The van der Waals surface area contributed by atoms with Crippen molar-refractivity contribution in [3.63, 3.8) is 0 Å². The minimum Gasteiger partial charge on any atom is -0.412 e. The van der Waals surface area contributed by atoms with Gasteiger partial charge in [-0.2, -0.15) is 4.98 Å². The second-order valence-electron chi connectivity index (χ2n) is 4.31. The number of thiazole rings is 1. The highest BCUT2D eigenvalue weighted by molar-refractivity contribution is 14.0. The molecule has 22 heavy (non-hydrogen) atoms. The Labute approximate surface area is 146 Å². The molecule has 3 rings (SSSR count). The summed E-state index contributed by atoms with van der Waals surface area (Å²) in [5.41, 5.74) is 5.30. The van der Waals surface area contributed by atoms with Crippen molar-refractivity contribution in [3.8, 4) is 0 Å². The van der Waals surface area contributed by atoms with E-state index in [0.717, 1.165) is 11.3 Å². The topological polar surface area (TPSA) is 186 Å². The summed E-state index contributed by atoms with van der Waals surface area (Å²) in [6.45, 7) is -0.0938. The monoisotopic (exact) mass is 450 g/mol. The lowest BCUT2D eigenvalue weighted by atomic mass is 10.2. The van der Waals surface area contributed by atoms with Gasteiger partial charge in [0, 0.05) is 1.43 Å². The summed E-state index contributed by atoms with van der Waals surface area (Å²) in [6.07, 6.45) is 0.452. The molecule has 12 heteroatoms. The van der Waals surface area contributed by atoms with Gasteiger partial charge in [-0.15, -0.1) is 24.0 Å². The number of nitrogens with two attached hydrogens (primary N) is 1. The first kappa shape index (κ1) is 20.9. The molecule has 2 aromatic heterocycles. The predicted molar refractivity (Wildman–Crippen MR) is 93.9 cm³/mol. The van der Waals surface area contributed by atoms with E-state index in [-0.39, 0.29) is 70.2 Å². The number of nitrogen functional groups attached to an aromatic ring is 1. The zero-order valence-electron chi connectivity index (χ0n) is 11.2. The van der Waals surface area contributed by atoms with Crippen LogP contribution >= 0.6 is 35.3 Å². The molecule has 1 unspecified atom stereocenters. The van der Waals surface area contributed by atoms with Gasteiger partial charge in [-0.05, 0) is 12.8 Å². The molecule has 0 spiro atoms. The standard InChI is InChI=1S/C10H12N4O4S.HI.2H2O.H2/c11-9-12-7-6(8(16)13-9)19-10(17)14(7)5-2-1-4(3-15)18-5;;;;/h4-5,15H,1-3H2,(H3,11,12,13,16);1H;2*1H2;1H/t4-,5?;;;;/m0..../s1. The molecule has 0 amide bonds. The fourth-order valence-electron chi connectivity index (χ4n) is 2.21. The lowest BCUT2D eigenvalue weighted by Crippen LogP contribution is -2.22. The van der Waals surface area contributed by atoms with E-state index in [1.165, 1.54) is 4.57 Å². The van der Waals surface area contributed by atoms with Crippen LogP contribution in [0.25, 0.3) is 10.3 Å². The first-order valence-electron chi connectivity index (χ1n) is 5.77. The fraction of sp³-hybridized carbons (Fsp3) is 0.500. The number of aromatic amines is 1. The van der Waals surface area contributed by atoms with E-state index in [4.69, 9.17) is 15.6 Å². The minimum atomic E-state index is -0.507. The molecule has 1 aliphatic heterocycles. The first-order chi connectivity index (χ1) is 9.10. The molecule has 3 heterocycles. The fourth-order valence-corrected chi connectivity index (χ4v) is 3.07. The highest BCUT2D eigenvalue weighted by Gasteiger charge is 2.29. The molecule has 2 aromatic rings. The Balaban J connectivity index is 0. The van der Waals surface area contributed by atoms with Crippen LogP contribution in [0.3, 0.4) is 0 Å². The molecule has 1 aliphatic rings. The Bertz CT molecular complexity index is 749. The Kier molecular flexibility index (Phi) is 7.60. The molecule has 0 radical (unpaired) electrons. The van der Waals surface area contributed by atoms with Crippen molar-refractivity contribution in [2.24, 2.45) is 0 Å².